The normalized spacial score (nSPS) is 24.5. The molecule has 1 atom stereocenters. The van der Waals surface area contributed by atoms with Crippen molar-refractivity contribution in [3.05, 3.63) is 0 Å². The van der Waals surface area contributed by atoms with Crippen molar-refractivity contribution < 1.29 is 4.79 Å². The van der Waals surface area contributed by atoms with Crippen LogP contribution in [0.3, 0.4) is 0 Å². The Kier molecular flexibility index (Phi) is 3.48. The summed E-state index contributed by atoms with van der Waals surface area (Å²) in [4.78, 5) is 11.6. The third-order valence-corrected chi connectivity index (χ3v) is 4.84. The van der Waals surface area contributed by atoms with Gasteiger partial charge in [0.2, 0.25) is 0 Å². The van der Waals surface area contributed by atoms with E-state index in [2.05, 4.69) is 33.1 Å². The minimum Gasteiger partial charge on any atom is -0.298 e. The number of nitrogens with one attached hydrogen (secondary N) is 1. The fourth-order valence-electron chi connectivity index (χ4n) is 2.78. The van der Waals surface area contributed by atoms with Crippen LogP contribution in [0.2, 0.25) is 0 Å². The zero-order chi connectivity index (χ0) is 12.7. The maximum Gasteiger partial charge on any atom is 0.149 e. The smallest absolute Gasteiger partial charge is 0.149 e. The fourth-order valence-corrected chi connectivity index (χ4v) is 2.78. The quantitative estimate of drug-likeness (QED) is 0.549. The van der Waals surface area contributed by atoms with Crippen LogP contribution in [-0.4, -0.2) is 24.0 Å². The molecule has 1 fully saturated rings. The molecule has 0 saturated heterocycles. The van der Waals surface area contributed by atoms with Crippen LogP contribution in [0.15, 0.2) is 0 Å². The molecule has 0 spiro atoms. The van der Waals surface area contributed by atoms with Crippen molar-refractivity contribution in [2.45, 2.75) is 47.1 Å². The van der Waals surface area contributed by atoms with Crippen molar-refractivity contribution in [1.29, 1.82) is 0 Å². The van der Waals surface area contributed by atoms with E-state index in [1.807, 2.05) is 0 Å². The molecular formula is C12H25N3O. The summed E-state index contributed by atoms with van der Waals surface area (Å²) in [5.41, 5.74) is 3.43. The molecule has 1 saturated carbocycles. The minimum absolute atomic E-state index is 0.121. The second kappa shape index (κ2) is 4.09. The summed E-state index contributed by atoms with van der Waals surface area (Å²) in [6.07, 6.45) is 0.826. The van der Waals surface area contributed by atoms with Gasteiger partial charge in [-0.1, -0.05) is 27.7 Å². The maximum absolute atomic E-state index is 11.6. The van der Waals surface area contributed by atoms with Gasteiger partial charge in [0.25, 0.3) is 0 Å². The Morgan fingerprint density at radius 1 is 1.38 bits per heavy atom. The molecule has 0 aliphatic heterocycles. The van der Waals surface area contributed by atoms with Gasteiger partial charge in [0, 0.05) is 7.05 Å². The first-order chi connectivity index (χ1) is 7.16. The van der Waals surface area contributed by atoms with Crippen LogP contribution in [-0.2, 0) is 4.79 Å². The highest BCUT2D eigenvalue weighted by Crippen LogP contribution is 2.70. The average molecular weight is 227 g/mol. The molecule has 4 heteroatoms. The molecule has 1 aliphatic rings. The molecule has 1 aliphatic carbocycles. The van der Waals surface area contributed by atoms with Crippen LogP contribution in [0.25, 0.3) is 0 Å². The molecule has 0 aromatic rings. The molecule has 0 aromatic heterocycles. The molecule has 0 amide bonds. The van der Waals surface area contributed by atoms with E-state index in [-0.39, 0.29) is 11.8 Å². The van der Waals surface area contributed by atoms with Gasteiger partial charge in [-0.05, 0) is 30.1 Å². The Hall–Kier alpha value is -0.450. The predicted octanol–water partition coefficient (Wildman–Crippen LogP) is 1.33. The van der Waals surface area contributed by atoms with E-state index in [9.17, 15) is 4.79 Å². The first-order valence-electron chi connectivity index (χ1n) is 5.88. The summed E-state index contributed by atoms with van der Waals surface area (Å²) < 4.78 is 0. The van der Waals surface area contributed by atoms with Gasteiger partial charge in [0.05, 0.1) is 6.04 Å². The van der Waals surface area contributed by atoms with E-state index in [0.29, 0.717) is 16.7 Å². The number of hydrazine groups is 2. The highest BCUT2D eigenvalue weighted by Gasteiger charge is 2.64. The third kappa shape index (κ3) is 2.01. The zero-order valence-electron chi connectivity index (χ0n) is 11.3. The van der Waals surface area contributed by atoms with Gasteiger partial charge in [-0.25, -0.2) is 5.43 Å². The Balaban J connectivity index is 2.69. The van der Waals surface area contributed by atoms with Crippen LogP contribution in [0.4, 0.5) is 0 Å². The van der Waals surface area contributed by atoms with Crippen molar-refractivity contribution in [2.75, 3.05) is 7.05 Å². The molecule has 0 aromatic carbocycles. The topological polar surface area (TPSA) is 58.4 Å². The SMILES string of the molecule is CNN(N)C(CC1C(C)(C)C1(C)C)C(C)=O. The first-order valence-corrected chi connectivity index (χ1v) is 5.88. The number of ketones is 1. The maximum atomic E-state index is 11.6. The molecule has 1 unspecified atom stereocenters. The summed E-state index contributed by atoms with van der Waals surface area (Å²) >= 11 is 0. The highest BCUT2D eigenvalue weighted by molar-refractivity contribution is 5.81. The van der Waals surface area contributed by atoms with E-state index >= 15 is 0 Å². The van der Waals surface area contributed by atoms with Gasteiger partial charge in [0.15, 0.2) is 0 Å². The Morgan fingerprint density at radius 2 is 1.81 bits per heavy atom. The fraction of sp³-hybridized carbons (Fsp3) is 0.917. The lowest BCUT2D eigenvalue weighted by Crippen LogP contribution is -2.52. The molecule has 0 bridgehead atoms. The van der Waals surface area contributed by atoms with Gasteiger partial charge in [-0.15, -0.1) is 0 Å². The van der Waals surface area contributed by atoms with Crippen LogP contribution >= 0.6 is 0 Å². The number of Topliss-reactive ketones (excluding diaryl/α,β-unsaturated/α-hetero) is 1. The van der Waals surface area contributed by atoms with Gasteiger partial charge < -0.3 is 0 Å². The van der Waals surface area contributed by atoms with Gasteiger partial charge in [0.1, 0.15) is 5.78 Å². The van der Waals surface area contributed by atoms with Crippen LogP contribution in [0.1, 0.15) is 41.0 Å². The predicted molar refractivity (Wildman–Crippen MR) is 65.2 cm³/mol. The lowest BCUT2D eigenvalue weighted by atomic mass is 10.0. The van der Waals surface area contributed by atoms with Crippen LogP contribution in [0, 0.1) is 16.7 Å². The average Bonchev–Trinajstić information content (AvgIpc) is 2.53. The van der Waals surface area contributed by atoms with Gasteiger partial charge in [-0.2, -0.15) is 5.12 Å². The van der Waals surface area contributed by atoms with Crippen molar-refractivity contribution in [3.8, 4) is 0 Å². The molecule has 0 heterocycles. The molecule has 16 heavy (non-hydrogen) atoms. The molecular weight excluding hydrogens is 202 g/mol. The number of hydrogen-bond donors (Lipinski definition) is 2. The summed E-state index contributed by atoms with van der Waals surface area (Å²) in [6, 6.07) is -0.226. The monoisotopic (exact) mass is 227 g/mol. The van der Waals surface area contributed by atoms with Crippen molar-refractivity contribution in [2.24, 2.45) is 22.6 Å². The van der Waals surface area contributed by atoms with E-state index < -0.39 is 0 Å². The lowest BCUT2D eigenvalue weighted by molar-refractivity contribution is -0.124. The van der Waals surface area contributed by atoms with Crippen LogP contribution < -0.4 is 11.3 Å². The highest BCUT2D eigenvalue weighted by atomic mass is 16.1. The zero-order valence-corrected chi connectivity index (χ0v) is 11.3. The van der Waals surface area contributed by atoms with E-state index in [1.54, 1.807) is 14.0 Å². The van der Waals surface area contributed by atoms with Gasteiger partial charge >= 0.3 is 0 Å². The van der Waals surface area contributed by atoms with E-state index in [4.69, 9.17) is 5.84 Å². The number of nitrogens with zero attached hydrogens (tertiary/aromatic N) is 1. The summed E-state index contributed by atoms with van der Waals surface area (Å²) in [6.45, 7) is 10.6. The Morgan fingerprint density at radius 3 is 2.06 bits per heavy atom. The summed E-state index contributed by atoms with van der Waals surface area (Å²) in [7, 11) is 1.74. The number of rotatable bonds is 5. The third-order valence-electron chi connectivity index (χ3n) is 4.84. The minimum atomic E-state index is -0.226. The number of carbonyl (C=O) groups is 1. The second-order valence-corrected chi connectivity index (χ2v) is 5.99. The van der Waals surface area contributed by atoms with Crippen molar-refractivity contribution in [1.82, 2.24) is 10.5 Å². The second-order valence-electron chi connectivity index (χ2n) is 5.99. The number of carbonyl (C=O) groups excluding carboxylic acids is 1. The number of hydrogen-bond acceptors (Lipinski definition) is 4. The standard InChI is InChI=1S/C12H25N3O/c1-8(16)9(15(13)14-6)7-10-11(2,3)12(10,4)5/h9-10,14H,7,13H2,1-6H3. The van der Waals surface area contributed by atoms with Crippen molar-refractivity contribution in [3.63, 3.8) is 0 Å². The number of nitrogens with two attached hydrogens (primary N) is 1. The summed E-state index contributed by atoms with van der Waals surface area (Å²) in [5.74, 6) is 6.44. The molecule has 4 nitrogen and oxygen atoms in total. The lowest BCUT2D eigenvalue weighted by Gasteiger charge is -2.24. The first kappa shape index (κ1) is 13.6. The Bertz CT molecular complexity index is 272. The van der Waals surface area contributed by atoms with E-state index in [0.717, 1.165) is 6.42 Å². The van der Waals surface area contributed by atoms with Crippen molar-refractivity contribution >= 4 is 5.78 Å². The largest absolute Gasteiger partial charge is 0.298 e. The van der Waals surface area contributed by atoms with Gasteiger partial charge in [-0.3, -0.25) is 10.6 Å². The van der Waals surface area contributed by atoms with E-state index in [1.165, 1.54) is 5.12 Å². The Labute approximate surface area is 98.5 Å². The van der Waals surface area contributed by atoms with Crippen LogP contribution in [0.5, 0.6) is 0 Å². The molecule has 1 rings (SSSR count). The molecule has 3 N–H and O–H groups in total. The molecule has 0 radical (unpaired) electrons. The summed E-state index contributed by atoms with van der Waals surface area (Å²) in [5, 5.41) is 1.42. The molecule has 94 valence electrons.